The highest BCUT2D eigenvalue weighted by Gasteiger charge is 2.38. The Morgan fingerprint density at radius 3 is 0.705 bits per heavy atom. The van der Waals surface area contributed by atoms with Gasteiger partial charge in [0.05, 0.1) is 75.8 Å². The summed E-state index contributed by atoms with van der Waals surface area (Å²) in [5.74, 6) is -0.350. The van der Waals surface area contributed by atoms with Gasteiger partial charge in [-0.05, 0) is 78.2 Å². The van der Waals surface area contributed by atoms with Crippen LogP contribution in [-0.2, 0) is 0 Å². The molecule has 0 aromatic heterocycles. The lowest BCUT2D eigenvalue weighted by Gasteiger charge is -2.35. The molecule has 0 saturated heterocycles. The molecule has 0 aromatic rings. The number of nitrogens with zero attached hydrogens (tertiary/aromatic N) is 4. The van der Waals surface area contributed by atoms with E-state index in [1.165, 1.54) is 16.7 Å². The van der Waals surface area contributed by atoms with Gasteiger partial charge in [-0.3, -0.25) is 9.80 Å². The van der Waals surface area contributed by atoms with Gasteiger partial charge in [0.15, 0.2) is 0 Å². The fourth-order valence-electron chi connectivity index (χ4n) is 9.09. The van der Waals surface area contributed by atoms with E-state index in [1.807, 2.05) is 4.90 Å². The third-order valence-corrected chi connectivity index (χ3v) is 15.2. The molecule has 0 aliphatic heterocycles. The van der Waals surface area contributed by atoms with E-state index in [1.54, 1.807) is 18.7 Å². The van der Waals surface area contributed by atoms with Gasteiger partial charge in [0, 0.05) is 57.8 Å². The first-order chi connectivity index (χ1) is 40.5. The third kappa shape index (κ3) is 34.7. The Hall–Kier alpha value is -1.32. The molecule has 0 amide bonds. The van der Waals surface area contributed by atoms with Crippen molar-refractivity contribution in [1.82, 2.24) is 19.6 Å². The lowest BCUT2D eigenvalue weighted by molar-refractivity contribution is -0.132. The van der Waals surface area contributed by atoms with Crippen molar-refractivity contribution in [2.24, 2.45) is 11.8 Å². The van der Waals surface area contributed by atoms with E-state index >= 15 is 0 Å². The Morgan fingerprint density at radius 2 is 0.455 bits per heavy atom. The van der Waals surface area contributed by atoms with Crippen LogP contribution in [0.4, 0.5) is 0 Å². The van der Waals surface area contributed by atoms with Crippen LogP contribution in [0.5, 0.6) is 0 Å². The third-order valence-electron chi connectivity index (χ3n) is 15.2. The van der Waals surface area contributed by atoms with Crippen molar-refractivity contribution in [3.05, 3.63) is 0 Å². The molecule has 33 nitrogen and oxygen atoms in total. The van der Waals surface area contributed by atoms with E-state index in [0.29, 0.717) is 31.8 Å². The number of aliphatic hydroxyl groups excluding tert-OH is 29. The molecule has 534 valence electrons. The molecular weight excluding hydrogens is 1180 g/mol. The highest BCUT2D eigenvalue weighted by Crippen LogP contribution is 2.18. The zero-order chi connectivity index (χ0) is 67.6. The van der Waals surface area contributed by atoms with E-state index in [0.717, 1.165) is 19.3 Å². The van der Waals surface area contributed by atoms with Crippen LogP contribution in [0.1, 0.15) is 80.6 Å². The standard InChI is InChI=1S/C39H83N3O19.C15H33NO10.CH4/c1-23(2)9-4-5-10-40(15-25(47)34(56)37(59)29(51)20-44)11-6-7-12-41(16-26(48)35(57)38(60)30(52)21-45)13-8-14-42(17-27(49)33(55)32(54)24(3)19-43)18-28(50)36(58)39(61)31(53)22-46;1-7(2)16(3-8(19)12(23)14(25)10(21)5-17)4-9(20)13(24)15(26)11(22)6-18;/h23-39,43-61H,4-22H2,1-3H3;7-15,17-26H,3-6H2,1-2H3;1H4. The second-order valence-electron chi connectivity index (χ2n) is 23.6. The molecule has 24 atom stereocenters. The van der Waals surface area contributed by atoms with E-state index in [4.69, 9.17) is 15.3 Å². The molecule has 33 heteroatoms. The summed E-state index contributed by atoms with van der Waals surface area (Å²) >= 11 is 0. The van der Waals surface area contributed by atoms with Crippen LogP contribution < -0.4 is 0 Å². The first-order valence-electron chi connectivity index (χ1n) is 29.8. The zero-order valence-electron chi connectivity index (χ0n) is 51.0. The number of hydrogen-bond donors (Lipinski definition) is 29. The topological polar surface area (TPSA) is 600 Å². The lowest BCUT2D eigenvalue weighted by atomic mass is 9.96. The van der Waals surface area contributed by atoms with Crippen molar-refractivity contribution in [2.75, 3.05) is 112 Å². The highest BCUT2D eigenvalue weighted by atomic mass is 16.4. The molecule has 24 unspecified atom stereocenters. The maximum Gasteiger partial charge on any atom is 0.111 e. The quantitative estimate of drug-likeness (QED) is 0.0252. The smallest absolute Gasteiger partial charge is 0.111 e. The molecule has 0 spiro atoms. The van der Waals surface area contributed by atoms with E-state index in [2.05, 4.69) is 13.8 Å². The molecule has 0 bridgehead atoms. The van der Waals surface area contributed by atoms with Crippen LogP contribution in [-0.4, -0.2) is 426 Å². The summed E-state index contributed by atoms with van der Waals surface area (Å²) in [7, 11) is 0. The molecule has 0 rings (SSSR count). The van der Waals surface area contributed by atoms with Gasteiger partial charge in [-0.2, -0.15) is 0 Å². The molecule has 0 radical (unpaired) electrons. The second kappa shape index (κ2) is 49.3. The van der Waals surface area contributed by atoms with Crippen molar-refractivity contribution in [2.45, 2.75) is 227 Å². The van der Waals surface area contributed by atoms with Crippen LogP contribution in [0, 0.1) is 11.8 Å². The van der Waals surface area contributed by atoms with E-state index in [9.17, 15) is 133 Å². The maximum absolute atomic E-state index is 10.9. The number of aliphatic hydroxyl groups is 29. The van der Waals surface area contributed by atoms with Crippen molar-refractivity contribution in [3.63, 3.8) is 0 Å². The summed E-state index contributed by atoms with van der Waals surface area (Å²) in [4.78, 5) is 6.40. The monoisotopic (exact) mass is 1300 g/mol. The molecule has 0 aliphatic rings. The number of unbranched alkanes of at least 4 members (excludes halogenated alkanes) is 2. The molecule has 0 aliphatic carbocycles. The Bertz CT molecular complexity index is 1580. The summed E-state index contributed by atoms with van der Waals surface area (Å²) < 4.78 is 0. The van der Waals surface area contributed by atoms with Gasteiger partial charge < -0.3 is 158 Å². The van der Waals surface area contributed by atoms with Gasteiger partial charge in [0.1, 0.15) is 97.7 Å². The number of rotatable bonds is 51. The van der Waals surface area contributed by atoms with Crippen molar-refractivity contribution < 1.29 is 148 Å². The predicted octanol–water partition coefficient (Wildman–Crippen LogP) is -12.9. The van der Waals surface area contributed by atoms with Crippen LogP contribution in [0.3, 0.4) is 0 Å². The molecule has 29 N–H and O–H groups in total. The van der Waals surface area contributed by atoms with Gasteiger partial charge in [0.2, 0.25) is 0 Å². The minimum Gasteiger partial charge on any atom is -0.396 e. The summed E-state index contributed by atoms with van der Waals surface area (Å²) in [6.45, 7) is 3.84. The average Bonchev–Trinajstić information content (AvgIpc) is 3.68. The van der Waals surface area contributed by atoms with Gasteiger partial charge >= 0.3 is 0 Å². The summed E-state index contributed by atoms with van der Waals surface area (Å²) in [5.41, 5.74) is 0. The van der Waals surface area contributed by atoms with Crippen molar-refractivity contribution in [1.29, 1.82) is 0 Å². The first-order valence-corrected chi connectivity index (χ1v) is 29.8. The number of hydrogen-bond acceptors (Lipinski definition) is 33. The zero-order valence-corrected chi connectivity index (χ0v) is 51.0. The van der Waals surface area contributed by atoms with Crippen LogP contribution in [0.2, 0.25) is 0 Å². The molecular formula is C55H120N4O29. The van der Waals surface area contributed by atoms with E-state index in [-0.39, 0.29) is 65.7 Å². The van der Waals surface area contributed by atoms with Gasteiger partial charge in [-0.15, -0.1) is 0 Å². The Kier molecular flexibility index (Phi) is 50.9. The highest BCUT2D eigenvalue weighted by molar-refractivity contribution is 4.90. The van der Waals surface area contributed by atoms with Gasteiger partial charge in [-0.25, -0.2) is 0 Å². The molecule has 0 fully saturated rings. The summed E-state index contributed by atoms with van der Waals surface area (Å²) in [5, 5.41) is 288. The van der Waals surface area contributed by atoms with Gasteiger partial charge in [-0.1, -0.05) is 41.0 Å². The summed E-state index contributed by atoms with van der Waals surface area (Å²) in [6, 6.07) is -0.293. The molecule has 0 saturated carbocycles. The predicted molar refractivity (Wildman–Crippen MR) is 315 cm³/mol. The lowest BCUT2D eigenvalue weighted by Crippen LogP contribution is -2.54. The van der Waals surface area contributed by atoms with E-state index < -0.39 is 199 Å². The normalized spacial score (nSPS) is 20.9. The Labute approximate surface area is 517 Å². The van der Waals surface area contributed by atoms with Crippen molar-refractivity contribution in [3.8, 4) is 0 Å². The largest absolute Gasteiger partial charge is 0.396 e. The van der Waals surface area contributed by atoms with Crippen LogP contribution in [0.25, 0.3) is 0 Å². The Balaban J connectivity index is -0.00000223. The maximum atomic E-state index is 10.9. The minimum absolute atomic E-state index is 0. The SMILES string of the molecule is C.CC(C)CCCCN(CCCCN(CCCN(CC(O)C(O)C(O)C(C)CO)CC(O)C(O)C(O)C(O)CO)CC(O)C(O)C(O)C(O)CO)CC(O)C(O)C(O)C(O)CO.CC(C)N(CC(O)C(O)C(O)C(O)CO)CC(O)C(O)C(O)C(O)CO. The minimum atomic E-state index is -1.96. The fourth-order valence-corrected chi connectivity index (χ4v) is 9.09. The van der Waals surface area contributed by atoms with Crippen molar-refractivity contribution >= 4 is 0 Å². The van der Waals surface area contributed by atoms with Gasteiger partial charge in [0.25, 0.3) is 0 Å². The van der Waals surface area contributed by atoms with Crippen LogP contribution in [0.15, 0.2) is 0 Å². The van der Waals surface area contributed by atoms with Crippen LogP contribution >= 0.6 is 0 Å². The first kappa shape index (κ1) is 90.9. The molecule has 0 heterocycles. The second-order valence-corrected chi connectivity index (χ2v) is 23.6. The average molecular weight is 1300 g/mol. The molecule has 88 heavy (non-hydrogen) atoms. The Morgan fingerprint density at radius 1 is 0.239 bits per heavy atom. The molecule has 0 aromatic carbocycles. The fraction of sp³-hybridized carbons (Fsp3) is 1.00. The summed E-state index contributed by atoms with van der Waals surface area (Å²) in [6.07, 6.45) is -36.0.